The molecule has 4 rings (SSSR count). The lowest BCUT2D eigenvalue weighted by molar-refractivity contribution is -0.120. The zero-order chi connectivity index (χ0) is 22.8. The van der Waals surface area contributed by atoms with Crippen LogP contribution in [0.4, 0.5) is 25.8 Å². The van der Waals surface area contributed by atoms with E-state index in [0.717, 1.165) is 17.0 Å². The third-order valence-electron chi connectivity index (χ3n) is 4.61. The molecule has 32 heavy (non-hydrogen) atoms. The predicted octanol–water partition coefficient (Wildman–Crippen LogP) is 4.65. The first-order chi connectivity index (χ1) is 15.3. The van der Waals surface area contributed by atoms with Crippen molar-refractivity contribution in [3.8, 4) is 0 Å². The highest BCUT2D eigenvalue weighted by Crippen LogP contribution is 2.30. The largest absolute Gasteiger partial charge is 0.350 e. The van der Waals surface area contributed by atoms with E-state index >= 15 is 0 Å². The van der Waals surface area contributed by atoms with Crippen molar-refractivity contribution in [3.05, 3.63) is 101 Å². The molecular weight excluding hydrogens is 440 g/mol. The quantitative estimate of drug-likeness (QED) is 0.551. The van der Waals surface area contributed by atoms with Gasteiger partial charge in [0.1, 0.15) is 22.4 Å². The Morgan fingerprint density at radius 3 is 2.09 bits per heavy atom. The number of nitrogens with one attached hydrogen (secondary N) is 2. The van der Waals surface area contributed by atoms with Crippen molar-refractivity contribution >= 4 is 46.4 Å². The molecule has 0 unspecified atom stereocenters. The lowest BCUT2D eigenvalue weighted by Gasteiger charge is -2.15. The topological polar surface area (TPSA) is 78.5 Å². The zero-order valence-corrected chi connectivity index (χ0v) is 17.0. The van der Waals surface area contributed by atoms with Gasteiger partial charge in [0.25, 0.3) is 17.7 Å². The third kappa shape index (κ3) is 4.21. The highest BCUT2D eigenvalue weighted by molar-refractivity contribution is 6.53. The van der Waals surface area contributed by atoms with Crippen molar-refractivity contribution in [2.75, 3.05) is 15.5 Å². The Labute approximate surface area is 186 Å². The second-order valence-electron chi connectivity index (χ2n) is 6.78. The minimum atomic E-state index is -0.754. The van der Waals surface area contributed by atoms with Gasteiger partial charge in [-0.05, 0) is 66.7 Å². The Balaban J connectivity index is 1.53. The number of benzene rings is 3. The number of rotatable bonds is 5. The van der Waals surface area contributed by atoms with E-state index in [9.17, 15) is 23.2 Å². The first-order valence-corrected chi connectivity index (χ1v) is 9.69. The SMILES string of the molecule is O=C(Nc1ccc(F)cc1)c1cccc(NC2=C(Cl)C(=O)N(c3ccc(F)cc3)C2=O)c1. The molecule has 0 aromatic heterocycles. The Bertz CT molecular complexity index is 1260. The number of hydrogen-bond donors (Lipinski definition) is 2. The molecule has 1 aliphatic heterocycles. The number of hydrogen-bond acceptors (Lipinski definition) is 4. The van der Waals surface area contributed by atoms with Crippen LogP contribution < -0.4 is 15.5 Å². The van der Waals surface area contributed by atoms with Gasteiger partial charge in [-0.25, -0.2) is 13.7 Å². The molecule has 160 valence electrons. The van der Waals surface area contributed by atoms with Crippen LogP contribution in [-0.2, 0) is 9.59 Å². The standard InChI is InChI=1S/C23H14ClF2N3O3/c24-19-20(23(32)29(22(19)31)18-10-6-15(26)7-11-18)27-17-3-1-2-13(12-17)21(30)28-16-8-4-14(25)5-9-16/h1-12,27H,(H,28,30). The Morgan fingerprint density at radius 1 is 0.812 bits per heavy atom. The van der Waals surface area contributed by atoms with Gasteiger partial charge in [-0.3, -0.25) is 14.4 Å². The van der Waals surface area contributed by atoms with Crippen LogP contribution in [0.1, 0.15) is 10.4 Å². The number of nitrogens with zero attached hydrogens (tertiary/aromatic N) is 1. The van der Waals surface area contributed by atoms with Crippen molar-refractivity contribution in [2.24, 2.45) is 0 Å². The molecule has 0 bridgehead atoms. The van der Waals surface area contributed by atoms with Gasteiger partial charge in [0.15, 0.2) is 0 Å². The van der Waals surface area contributed by atoms with E-state index < -0.39 is 29.4 Å². The van der Waals surface area contributed by atoms with Crippen molar-refractivity contribution in [1.82, 2.24) is 0 Å². The number of amides is 3. The predicted molar refractivity (Wildman–Crippen MR) is 116 cm³/mol. The molecular formula is C23H14ClF2N3O3. The molecule has 0 saturated carbocycles. The number of imide groups is 1. The summed E-state index contributed by atoms with van der Waals surface area (Å²) in [7, 11) is 0. The molecule has 0 atom stereocenters. The highest BCUT2D eigenvalue weighted by Gasteiger charge is 2.39. The number of anilines is 3. The molecule has 3 amide bonds. The van der Waals surface area contributed by atoms with Crippen LogP contribution in [0.3, 0.4) is 0 Å². The maximum atomic E-state index is 13.2. The first-order valence-electron chi connectivity index (χ1n) is 9.31. The smallest absolute Gasteiger partial charge is 0.283 e. The average molecular weight is 454 g/mol. The molecule has 0 aliphatic carbocycles. The van der Waals surface area contributed by atoms with Crippen molar-refractivity contribution in [3.63, 3.8) is 0 Å². The molecule has 1 aliphatic rings. The van der Waals surface area contributed by atoms with Crippen LogP contribution in [0.2, 0.25) is 0 Å². The Hall–Kier alpha value is -4.04. The Morgan fingerprint density at radius 2 is 1.44 bits per heavy atom. The van der Waals surface area contributed by atoms with Crippen LogP contribution in [0.15, 0.2) is 83.5 Å². The van der Waals surface area contributed by atoms with Gasteiger partial charge in [-0.1, -0.05) is 17.7 Å². The van der Waals surface area contributed by atoms with Gasteiger partial charge in [-0.2, -0.15) is 0 Å². The number of halogens is 3. The summed E-state index contributed by atoms with van der Waals surface area (Å²) < 4.78 is 26.2. The van der Waals surface area contributed by atoms with Crippen LogP contribution in [-0.4, -0.2) is 17.7 Å². The minimum Gasteiger partial charge on any atom is -0.350 e. The van der Waals surface area contributed by atoms with E-state index in [4.69, 9.17) is 11.6 Å². The van der Waals surface area contributed by atoms with Crippen molar-refractivity contribution < 1.29 is 23.2 Å². The van der Waals surface area contributed by atoms with Gasteiger partial charge < -0.3 is 10.6 Å². The van der Waals surface area contributed by atoms with Crippen molar-refractivity contribution in [2.45, 2.75) is 0 Å². The summed E-state index contributed by atoms with van der Waals surface area (Å²) in [5, 5.41) is 5.08. The number of carbonyl (C=O) groups excluding carboxylic acids is 3. The average Bonchev–Trinajstić information content (AvgIpc) is 2.99. The number of carbonyl (C=O) groups is 3. The van der Waals surface area contributed by atoms with E-state index in [1.54, 1.807) is 18.2 Å². The summed E-state index contributed by atoms with van der Waals surface area (Å²) in [6, 6.07) is 16.3. The molecule has 3 aromatic rings. The minimum absolute atomic E-state index is 0.169. The summed E-state index contributed by atoms with van der Waals surface area (Å²) in [6.07, 6.45) is 0. The fourth-order valence-corrected chi connectivity index (χ4v) is 3.27. The summed E-state index contributed by atoms with van der Waals surface area (Å²) in [6.45, 7) is 0. The molecule has 0 radical (unpaired) electrons. The fourth-order valence-electron chi connectivity index (χ4n) is 3.06. The van der Waals surface area contributed by atoms with Gasteiger partial charge in [-0.15, -0.1) is 0 Å². The first kappa shape index (κ1) is 21.2. The molecule has 0 saturated heterocycles. The summed E-state index contributed by atoms with van der Waals surface area (Å²) >= 11 is 6.09. The summed E-state index contributed by atoms with van der Waals surface area (Å²) in [4.78, 5) is 38.6. The van der Waals surface area contributed by atoms with Gasteiger partial charge in [0.05, 0.1) is 5.69 Å². The van der Waals surface area contributed by atoms with E-state index in [2.05, 4.69) is 10.6 Å². The van der Waals surface area contributed by atoms with Crippen LogP contribution >= 0.6 is 11.6 Å². The normalized spacial score (nSPS) is 13.5. The highest BCUT2D eigenvalue weighted by atomic mass is 35.5. The van der Waals surface area contributed by atoms with E-state index in [0.29, 0.717) is 11.4 Å². The molecule has 3 aromatic carbocycles. The van der Waals surface area contributed by atoms with Gasteiger partial charge >= 0.3 is 0 Å². The van der Waals surface area contributed by atoms with E-state index in [1.165, 1.54) is 42.5 Å². The Kier molecular flexibility index (Phi) is 5.70. The van der Waals surface area contributed by atoms with Gasteiger partial charge in [0, 0.05) is 16.9 Å². The second kappa shape index (κ2) is 8.60. The maximum absolute atomic E-state index is 13.2. The third-order valence-corrected chi connectivity index (χ3v) is 4.96. The summed E-state index contributed by atoms with van der Waals surface area (Å²) in [5.41, 5.74) is 1.00. The van der Waals surface area contributed by atoms with Crippen LogP contribution in [0.25, 0.3) is 0 Å². The van der Waals surface area contributed by atoms with E-state index in [1.807, 2.05) is 0 Å². The monoisotopic (exact) mass is 453 g/mol. The van der Waals surface area contributed by atoms with Crippen LogP contribution in [0.5, 0.6) is 0 Å². The zero-order valence-electron chi connectivity index (χ0n) is 16.2. The van der Waals surface area contributed by atoms with E-state index in [-0.39, 0.29) is 22.0 Å². The molecule has 0 fully saturated rings. The van der Waals surface area contributed by atoms with Crippen LogP contribution in [0, 0.1) is 11.6 Å². The lowest BCUT2D eigenvalue weighted by atomic mass is 10.1. The second-order valence-corrected chi connectivity index (χ2v) is 7.16. The van der Waals surface area contributed by atoms with Crippen molar-refractivity contribution in [1.29, 1.82) is 0 Å². The maximum Gasteiger partial charge on any atom is 0.283 e. The summed E-state index contributed by atoms with van der Waals surface area (Å²) in [5.74, 6) is -2.86. The molecule has 1 heterocycles. The molecule has 0 spiro atoms. The lowest BCUT2D eigenvalue weighted by Crippen LogP contribution is -2.32. The van der Waals surface area contributed by atoms with Gasteiger partial charge in [0.2, 0.25) is 0 Å². The molecule has 6 nitrogen and oxygen atoms in total. The molecule has 2 N–H and O–H groups in total. The molecule has 9 heteroatoms. The fraction of sp³-hybridized carbons (Fsp3) is 0.